The van der Waals surface area contributed by atoms with E-state index < -0.39 is 0 Å². The van der Waals surface area contributed by atoms with Gasteiger partial charge < -0.3 is 10.4 Å². The molecule has 0 atom stereocenters. The molecular weight excluding hydrogens is 294 g/mol. The number of aliphatic hydroxyl groups is 1. The first kappa shape index (κ1) is 14.9. The number of hydrogen-bond donors (Lipinski definition) is 2. The van der Waals surface area contributed by atoms with Crippen molar-refractivity contribution in [1.29, 1.82) is 0 Å². The van der Waals surface area contributed by atoms with E-state index in [2.05, 4.69) is 5.32 Å². The Labute approximate surface area is 127 Å². The van der Waals surface area contributed by atoms with Crippen molar-refractivity contribution in [3.63, 3.8) is 0 Å². The molecule has 0 fully saturated rings. The van der Waals surface area contributed by atoms with Gasteiger partial charge in [0.2, 0.25) is 0 Å². The molecule has 0 aliphatic carbocycles. The van der Waals surface area contributed by atoms with Gasteiger partial charge in [-0.3, -0.25) is 4.79 Å². The molecule has 2 rings (SSSR count). The lowest BCUT2D eigenvalue weighted by Gasteiger charge is -2.11. The molecule has 0 radical (unpaired) electrons. The number of hydrogen-bond acceptors (Lipinski definition) is 3. The van der Waals surface area contributed by atoms with Crippen LogP contribution < -0.4 is 5.32 Å². The molecule has 2 aromatic carbocycles. The van der Waals surface area contributed by atoms with Crippen molar-refractivity contribution in [2.45, 2.75) is 16.4 Å². The normalized spacial score (nSPS) is 10.3. The molecule has 5 heteroatoms. The molecule has 0 saturated carbocycles. The van der Waals surface area contributed by atoms with E-state index in [4.69, 9.17) is 11.6 Å². The molecule has 0 saturated heterocycles. The summed E-state index contributed by atoms with van der Waals surface area (Å²) in [5.41, 5.74) is 1.35. The van der Waals surface area contributed by atoms with Crippen LogP contribution in [-0.4, -0.2) is 18.1 Å². The molecule has 0 aliphatic heterocycles. The Kier molecular flexibility index (Phi) is 5.06. The lowest BCUT2D eigenvalue weighted by Crippen LogP contribution is -2.18. The molecule has 1 amide bonds. The Balaban J connectivity index is 2.40. The zero-order chi connectivity index (χ0) is 14.5. The van der Waals surface area contributed by atoms with Gasteiger partial charge in [-0.1, -0.05) is 41.6 Å². The van der Waals surface area contributed by atoms with Crippen LogP contribution >= 0.6 is 23.4 Å². The van der Waals surface area contributed by atoms with Gasteiger partial charge in [-0.05, 0) is 29.8 Å². The fourth-order valence-corrected chi connectivity index (χ4v) is 2.97. The molecule has 2 N–H and O–H groups in total. The first-order chi connectivity index (χ1) is 9.65. The number of amides is 1. The monoisotopic (exact) mass is 307 g/mol. The molecule has 20 heavy (non-hydrogen) atoms. The first-order valence-corrected chi connectivity index (χ1v) is 7.23. The third-order valence-electron chi connectivity index (χ3n) is 2.78. The third kappa shape index (κ3) is 3.33. The van der Waals surface area contributed by atoms with E-state index in [0.29, 0.717) is 10.6 Å². The first-order valence-electron chi connectivity index (χ1n) is 6.04. The van der Waals surface area contributed by atoms with Crippen molar-refractivity contribution in [2.24, 2.45) is 0 Å². The van der Waals surface area contributed by atoms with E-state index in [-0.39, 0.29) is 12.5 Å². The van der Waals surface area contributed by atoms with Crippen LogP contribution in [0.3, 0.4) is 0 Å². The van der Waals surface area contributed by atoms with Crippen LogP contribution in [0.4, 0.5) is 0 Å². The van der Waals surface area contributed by atoms with E-state index in [9.17, 15) is 9.90 Å². The highest BCUT2D eigenvalue weighted by Crippen LogP contribution is 2.34. The minimum Gasteiger partial charge on any atom is -0.392 e. The molecule has 0 aromatic heterocycles. The van der Waals surface area contributed by atoms with Gasteiger partial charge in [0, 0.05) is 21.9 Å². The SMILES string of the molecule is CNC(=O)c1cc(Cl)ccc1Sc1ccccc1CO. The van der Waals surface area contributed by atoms with E-state index in [1.54, 1.807) is 19.2 Å². The van der Waals surface area contributed by atoms with Gasteiger partial charge in [0.05, 0.1) is 12.2 Å². The third-order valence-corrected chi connectivity index (χ3v) is 4.21. The molecule has 0 unspecified atom stereocenters. The van der Waals surface area contributed by atoms with Crippen LogP contribution in [0.25, 0.3) is 0 Å². The fourth-order valence-electron chi connectivity index (χ4n) is 1.76. The predicted molar refractivity (Wildman–Crippen MR) is 81.3 cm³/mol. The van der Waals surface area contributed by atoms with Crippen molar-refractivity contribution < 1.29 is 9.90 Å². The van der Waals surface area contributed by atoms with Gasteiger partial charge in [0.15, 0.2) is 0 Å². The number of carbonyl (C=O) groups excluding carboxylic acids is 1. The largest absolute Gasteiger partial charge is 0.392 e. The van der Waals surface area contributed by atoms with Crippen LogP contribution in [0.1, 0.15) is 15.9 Å². The van der Waals surface area contributed by atoms with Crippen LogP contribution in [0.2, 0.25) is 5.02 Å². The summed E-state index contributed by atoms with van der Waals surface area (Å²) in [4.78, 5) is 13.6. The number of halogens is 1. The minimum absolute atomic E-state index is 0.0356. The van der Waals surface area contributed by atoms with E-state index in [1.807, 2.05) is 30.3 Å². The van der Waals surface area contributed by atoms with Crippen molar-refractivity contribution in [3.8, 4) is 0 Å². The van der Waals surface area contributed by atoms with Gasteiger partial charge in [-0.15, -0.1) is 0 Å². The molecular formula is C15H14ClNO2S. The summed E-state index contributed by atoms with van der Waals surface area (Å²) in [6, 6.07) is 12.7. The predicted octanol–water partition coefficient (Wildman–Crippen LogP) is 3.34. The quantitative estimate of drug-likeness (QED) is 0.911. The van der Waals surface area contributed by atoms with Gasteiger partial charge in [0.25, 0.3) is 5.91 Å². The number of nitrogens with one attached hydrogen (secondary N) is 1. The highest BCUT2D eigenvalue weighted by Gasteiger charge is 2.13. The molecule has 0 aliphatic rings. The van der Waals surface area contributed by atoms with Gasteiger partial charge in [0.1, 0.15) is 0 Å². The highest BCUT2D eigenvalue weighted by atomic mass is 35.5. The lowest BCUT2D eigenvalue weighted by atomic mass is 10.2. The highest BCUT2D eigenvalue weighted by molar-refractivity contribution is 7.99. The fraction of sp³-hybridized carbons (Fsp3) is 0.133. The van der Waals surface area contributed by atoms with Crippen molar-refractivity contribution in [2.75, 3.05) is 7.05 Å². The zero-order valence-electron chi connectivity index (χ0n) is 10.9. The van der Waals surface area contributed by atoms with Crippen LogP contribution in [0.15, 0.2) is 52.3 Å². The second-order valence-electron chi connectivity index (χ2n) is 4.09. The van der Waals surface area contributed by atoms with Crippen LogP contribution in [0.5, 0.6) is 0 Å². The van der Waals surface area contributed by atoms with E-state index >= 15 is 0 Å². The Morgan fingerprint density at radius 2 is 2.00 bits per heavy atom. The maximum atomic E-state index is 11.9. The summed E-state index contributed by atoms with van der Waals surface area (Å²) in [6.45, 7) is -0.0356. The summed E-state index contributed by atoms with van der Waals surface area (Å²) >= 11 is 7.39. The Morgan fingerprint density at radius 1 is 1.25 bits per heavy atom. The second kappa shape index (κ2) is 6.79. The van der Waals surface area contributed by atoms with Crippen LogP contribution in [0, 0.1) is 0 Å². The molecule has 3 nitrogen and oxygen atoms in total. The summed E-state index contributed by atoms with van der Waals surface area (Å²) in [6.07, 6.45) is 0. The average molecular weight is 308 g/mol. The number of carbonyl (C=O) groups is 1. The van der Waals surface area contributed by atoms with Gasteiger partial charge >= 0.3 is 0 Å². The number of rotatable bonds is 4. The van der Waals surface area contributed by atoms with E-state index in [0.717, 1.165) is 15.4 Å². The number of benzene rings is 2. The molecule has 0 spiro atoms. The summed E-state index contributed by atoms with van der Waals surface area (Å²) in [5, 5.41) is 12.5. The molecule has 104 valence electrons. The lowest BCUT2D eigenvalue weighted by molar-refractivity contribution is 0.0960. The second-order valence-corrected chi connectivity index (χ2v) is 5.61. The zero-order valence-corrected chi connectivity index (χ0v) is 12.5. The Hall–Kier alpha value is -1.49. The minimum atomic E-state index is -0.184. The smallest absolute Gasteiger partial charge is 0.252 e. The van der Waals surface area contributed by atoms with Gasteiger partial charge in [-0.25, -0.2) is 0 Å². The van der Waals surface area contributed by atoms with Crippen molar-refractivity contribution >= 4 is 29.3 Å². The molecule has 2 aromatic rings. The summed E-state index contributed by atoms with van der Waals surface area (Å²) in [5.74, 6) is -0.184. The molecule has 0 bridgehead atoms. The average Bonchev–Trinajstić information content (AvgIpc) is 2.48. The van der Waals surface area contributed by atoms with E-state index in [1.165, 1.54) is 11.8 Å². The standard InChI is InChI=1S/C15H14ClNO2S/c1-17-15(19)12-8-11(16)6-7-14(12)20-13-5-3-2-4-10(13)9-18/h2-8,18H,9H2,1H3,(H,17,19). The maximum absolute atomic E-state index is 11.9. The maximum Gasteiger partial charge on any atom is 0.252 e. The summed E-state index contributed by atoms with van der Waals surface area (Å²) < 4.78 is 0. The molecule has 0 heterocycles. The topological polar surface area (TPSA) is 49.3 Å². The number of aliphatic hydroxyl groups excluding tert-OH is 1. The van der Waals surface area contributed by atoms with Crippen molar-refractivity contribution in [1.82, 2.24) is 5.32 Å². The Morgan fingerprint density at radius 3 is 2.70 bits per heavy atom. The van der Waals surface area contributed by atoms with Gasteiger partial charge in [-0.2, -0.15) is 0 Å². The Bertz CT molecular complexity index is 631. The van der Waals surface area contributed by atoms with Crippen molar-refractivity contribution in [3.05, 3.63) is 58.6 Å². The van der Waals surface area contributed by atoms with Crippen LogP contribution in [-0.2, 0) is 6.61 Å². The summed E-state index contributed by atoms with van der Waals surface area (Å²) in [7, 11) is 1.58.